The molecule has 0 aromatic rings. The van der Waals surface area contributed by atoms with Crippen LogP contribution in [-0.4, -0.2) is 68.1 Å². The predicted octanol–water partition coefficient (Wildman–Crippen LogP) is 6.59. The van der Waals surface area contributed by atoms with Crippen molar-refractivity contribution in [2.75, 3.05) is 47.5 Å². The highest BCUT2D eigenvalue weighted by Crippen LogP contribution is 2.43. The first-order valence-electron chi connectivity index (χ1n) is 13.5. The number of quaternary nitrogens is 1. The predicted molar refractivity (Wildman–Crippen MR) is 141 cm³/mol. The van der Waals surface area contributed by atoms with Gasteiger partial charge >= 0.3 is 7.82 Å². The van der Waals surface area contributed by atoms with Crippen molar-refractivity contribution in [1.29, 1.82) is 0 Å². The van der Waals surface area contributed by atoms with Gasteiger partial charge in [-0.3, -0.25) is 9.05 Å². The molecule has 0 radical (unpaired) electrons. The molecule has 0 spiro atoms. The van der Waals surface area contributed by atoms with Gasteiger partial charge in [0.1, 0.15) is 25.9 Å². The summed E-state index contributed by atoms with van der Waals surface area (Å²) in [6.45, 7) is 2.64. The van der Waals surface area contributed by atoms with Gasteiger partial charge in [-0.15, -0.1) is 0 Å². The van der Waals surface area contributed by atoms with Gasteiger partial charge in [0, 0.05) is 0 Å². The van der Waals surface area contributed by atoms with Gasteiger partial charge < -0.3 is 19.2 Å². The Labute approximate surface area is 210 Å². The number of ether oxygens (including phenoxy) is 1. The molecular formula is C26H55NO6P+. The molecule has 1 unspecified atom stereocenters. The van der Waals surface area contributed by atoms with Crippen molar-refractivity contribution < 1.29 is 32.8 Å². The van der Waals surface area contributed by atoms with Crippen molar-refractivity contribution in [3.8, 4) is 0 Å². The molecule has 8 heteroatoms. The standard InChI is InChI=1S/C26H54NO6P/c1-5-6-7-8-9-10-11-12-13-14-15-16-17-18-19-20-22-31-24-26(28)25-33-34(29,30)32-23-21-27(2,3)4/h20,22,26,28H,5-19,21,23-25H2,1-4H3/p+1/b22-20-/t26-/m1/s1. The van der Waals surface area contributed by atoms with E-state index in [1.54, 1.807) is 6.26 Å². The van der Waals surface area contributed by atoms with E-state index < -0.39 is 13.9 Å². The zero-order chi connectivity index (χ0) is 25.5. The van der Waals surface area contributed by atoms with Crippen LogP contribution in [0.4, 0.5) is 0 Å². The third-order valence-electron chi connectivity index (χ3n) is 5.65. The Morgan fingerprint density at radius 3 is 1.79 bits per heavy atom. The summed E-state index contributed by atoms with van der Waals surface area (Å²) in [7, 11) is 1.72. The number of hydrogen-bond acceptors (Lipinski definition) is 5. The molecule has 7 nitrogen and oxygen atoms in total. The average molecular weight is 509 g/mol. The van der Waals surface area contributed by atoms with Gasteiger partial charge in [0.15, 0.2) is 0 Å². The fourth-order valence-corrected chi connectivity index (χ4v) is 4.20. The molecule has 2 N–H and O–H groups in total. The number of likely N-dealkylation sites (N-methyl/N-ethyl adjacent to an activating group) is 1. The Morgan fingerprint density at radius 2 is 1.29 bits per heavy atom. The minimum Gasteiger partial charge on any atom is -0.499 e. The lowest BCUT2D eigenvalue weighted by Gasteiger charge is -2.24. The summed E-state index contributed by atoms with van der Waals surface area (Å²) in [6, 6.07) is 0. The summed E-state index contributed by atoms with van der Waals surface area (Å²) in [5.74, 6) is 0. The normalized spacial score (nSPS) is 15.0. The van der Waals surface area contributed by atoms with Crippen LogP contribution >= 0.6 is 7.82 Å². The van der Waals surface area contributed by atoms with Crippen LogP contribution < -0.4 is 0 Å². The summed E-state index contributed by atoms with van der Waals surface area (Å²) in [5, 5.41) is 9.83. The average Bonchev–Trinajstić information content (AvgIpc) is 2.76. The summed E-state index contributed by atoms with van der Waals surface area (Å²) in [6.07, 6.45) is 22.4. The van der Waals surface area contributed by atoms with Gasteiger partial charge in [0.2, 0.25) is 0 Å². The lowest BCUT2D eigenvalue weighted by molar-refractivity contribution is -0.870. The lowest BCUT2D eigenvalue weighted by Crippen LogP contribution is -2.37. The molecule has 0 fully saturated rings. The Morgan fingerprint density at radius 1 is 0.794 bits per heavy atom. The monoisotopic (exact) mass is 508 g/mol. The van der Waals surface area contributed by atoms with Crippen LogP contribution in [0.3, 0.4) is 0 Å². The van der Waals surface area contributed by atoms with Gasteiger partial charge in [-0.1, -0.05) is 90.4 Å². The summed E-state index contributed by atoms with van der Waals surface area (Å²) in [4.78, 5) is 9.63. The molecule has 0 bridgehead atoms. The first-order valence-corrected chi connectivity index (χ1v) is 15.0. The Kier molecular flexibility index (Phi) is 21.5. The van der Waals surface area contributed by atoms with E-state index in [0.717, 1.165) is 12.8 Å². The summed E-state index contributed by atoms with van der Waals surface area (Å²) >= 11 is 0. The zero-order valence-electron chi connectivity index (χ0n) is 22.6. The van der Waals surface area contributed by atoms with Crippen LogP contribution in [0.2, 0.25) is 0 Å². The molecule has 0 aromatic carbocycles. The maximum atomic E-state index is 11.8. The number of phosphoric ester groups is 1. The third kappa shape index (κ3) is 26.2. The van der Waals surface area contributed by atoms with Crippen molar-refractivity contribution in [2.45, 2.75) is 109 Å². The molecule has 0 amide bonds. The Balaban J connectivity index is 3.46. The molecule has 2 atom stereocenters. The van der Waals surface area contributed by atoms with E-state index in [1.807, 2.05) is 27.2 Å². The molecule has 0 aliphatic rings. The van der Waals surface area contributed by atoms with Gasteiger partial charge in [-0.05, 0) is 18.9 Å². The van der Waals surface area contributed by atoms with Crippen molar-refractivity contribution in [1.82, 2.24) is 0 Å². The SMILES string of the molecule is CCCCCCCCCCCCCCCC/C=C\OC[C@@H](O)COP(=O)(O)OCC[N+](C)(C)C. The smallest absolute Gasteiger partial charge is 0.472 e. The fourth-order valence-electron chi connectivity index (χ4n) is 3.46. The van der Waals surface area contributed by atoms with Gasteiger partial charge in [-0.25, -0.2) is 4.57 Å². The van der Waals surface area contributed by atoms with Crippen LogP contribution in [0.1, 0.15) is 103 Å². The lowest BCUT2D eigenvalue weighted by atomic mass is 10.0. The second kappa shape index (κ2) is 21.8. The molecule has 0 aliphatic heterocycles. The largest absolute Gasteiger partial charge is 0.499 e. The second-order valence-corrected chi connectivity index (χ2v) is 11.8. The van der Waals surface area contributed by atoms with Crippen LogP contribution in [0, 0.1) is 0 Å². The maximum absolute atomic E-state index is 11.8. The minimum absolute atomic E-state index is 0.00806. The number of hydrogen-bond donors (Lipinski definition) is 2. The molecule has 34 heavy (non-hydrogen) atoms. The fraction of sp³-hybridized carbons (Fsp3) is 0.923. The van der Waals surface area contributed by atoms with Crippen molar-refractivity contribution in [2.24, 2.45) is 0 Å². The van der Waals surface area contributed by atoms with Gasteiger partial charge in [-0.2, -0.15) is 0 Å². The van der Waals surface area contributed by atoms with E-state index in [2.05, 4.69) is 6.92 Å². The van der Waals surface area contributed by atoms with Crippen molar-refractivity contribution in [3.05, 3.63) is 12.3 Å². The topological polar surface area (TPSA) is 85.2 Å². The van der Waals surface area contributed by atoms with Crippen LogP contribution in [0.15, 0.2) is 12.3 Å². The van der Waals surface area contributed by atoms with E-state index in [1.165, 1.54) is 83.5 Å². The number of aliphatic hydroxyl groups is 1. The highest BCUT2D eigenvalue weighted by molar-refractivity contribution is 7.47. The first-order chi connectivity index (χ1) is 16.2. The van der Waals surface area contributed by atoms with E-state index in [4.69, 9.17) is 13.8 Å². The van der Waals surface area contributed by atoms with Crippen LogP contribution in [-0.2, 0) is 18.3 Å². The Hall–Kier alpha value is -0.430. The number of unbranched alkanes of at least 4 members (excludes halogenated alkanes) is 14. The molecule has 0 rings (SSSR count). The highest BCUT2D eigenvalue weighted by atomic mass is 31.2. The molecule has 204 valence electrons. The molecule has 0 aliphatic carbocycles. The second-order valence-electron chi connectivity index (χ2n) is 10.4. The zero-order valence-corrected chi connectivity index (χ0v) is 23.5. The minimum atomic E-state index is -4.15. The first kappa shape index (κ1) is 33.6. The molecular weight excluding hydrogens is 453 g/mol. The quantitative estimate of drug-likeness (QED) is 0.0626. The summed E-state index contributed by atoms with van der Waals surface area (Å²) in [5.41, 5.74) is 0. The van der Waals surface area contributed by atoms with Crippen molar-refractivity contribution >= 4 is 7.82 Å². The van der Waals surface area contributed by atoms with Gasteiger partial charge in [0.25, 0.3) is 0 Å². The van der Waals surface area contributed by atoms with E-state index in [0.29, 0.717) is 11.0 Å². The van der Waals surface area contributed by atoms with E-state index in [9.17, 15) is 14.6 Å². The molecule has 0 heterocycles. The number of nitrogens with zero attached hydrogens (tertiary/aromatic N) is 1. The number of rotatable bonds is 25. The maximum Gasteiger partial charge on any atom is 0.472 e. The van der Waals surface area contributed by atoms with Crippen molar-refractivity contribution in [3.63, 3.8) is 0 Å². The molecule has 0 saturated carbocycles. The number of allylic oxidation sites excluding steroid dienone is 1. The Bertz CT molecular complexity index is 524. The highest BCUT2D eigenvalue weighted by Gasteiger charge is 2.24. The molecule has 0 aromatic heterocycles. The number of aliphatic hydroxyl groups excluding tert-OH is 1. The number of phosphoric acid groups is 1. The third-order valence-corrected chi connectivity index (χ3v) is 6.64. The summed E-state index contributed by atoms with van der Waals surface area (Å²) < 4.78 is 27.4. The van der Waals surface area contributed by atoms with Gasteiger partial charge in [0.05, 0.1) is 34.0 Å². The van der Waals surface area contributed by atoms with E-state index >= 15 is 0 Å². The van der Waals surface area contributed by atoms with Crippen LogP contribution in [0.5, 0.6) is 0 Å². The van der Waals surface area contributed by atoms with Crippen LogP contribution in [0.25, 0.3) is 0 Å². The van der Waals surface area contributed by atoms with E-state index in [-0.39, 0.29) is 19.8 Å². The molecule has 0 saturated heterocycles.